The third-order valence-electron chi connectivity index (χ3n) is 2.30. The molecule has 1 amide bonds. The van der Waals surface area contributed by atoms with Crippen LogP contribution in [0.15, 0.2) is 0 Å². The quantitative estimate of drug-likeness (QED) is 0.700. The molecule has 1 atom stereocenters. The maximum Gasteiger partial charge on any atom is 0.326 e. The van der Waals surface area contributed by atoms with Gasteiger partial charge in [0.15, 0.2) is 0 Å². The van der Waals surface area contributed by atoms with Crippen LogP contribution in [0.5, 0.6) is 0 Å². The van der Waals surface area contributed by atoms with Crippen molar-refractivity contribution in [2.45, 2.75) is 25.8 Å². The largest absolute Gasteiger partial charge is 0.480 e. The summed E-state index contributed by atoms with van der Waals surface area (Å²) >= 11 is 0.949. The molecule has 1 aromatic heterocycles. The van der Waals surface area contributed by atoms with Crippen LogP contribution >= 0.6 is 11.5 Å². The zero-order valence-electron chi connectivity index (χ0n) is 10.2. The van der Waals surface area contributed by atoms with E-state index >= 15 is 0 Å². The molecule has 8 heteroatoms. The molecule has 18 heavy (non-hydrogen) atoms. The van der Waals surface area contributed by atoms with E-state index in [0.717, 1.165) is 11.5 Å². The van der Waals surface area contributed by atoms with Crippen molar-refractivity contribution in [3.8, 4) is 0 Å². The molecule has 7 nitrogen and oxygen atoms in total. The summed E-state index contributed by atoms with van der Waals surface area (Å²) in [5, 5.41) is 15.2. The fourth-order valence-electron chi connectivity index (χ4n) is 1.35. The van der Waals surface area contributed by atoms with Gasteiger partial charge in [0.25, 0.3) is 5.91 Å². The first-order chi connectivity index (χ1) is 8.56. The number of carboxylic acids is 1. The van der Waals surface area contributed by atoms with E-state index in [-0.39, 0.29) is 0 Å². The van der Waals surface area contributed by atoms with Crippen LogP contribution in [0, 0.1) is 6.92 Å². The van der Waals surface area contributed by atoms with E-state index in [4.69, 9.17) is 9.84 Å². The molecule has 1 unspecified atom stereocenters. The number of ether oxygens (including phenoxy) is 1. The molecule has 0 saturated carbocycles. The van der Waals surface area contributed by atoms with E-state index < -0.39 is 17.9 Å². The van der Waals surface area contributed by atoms with Crippen molar-refractivity contribution < 1.29 is 19.4 Å². The van der Waals surface area contributed by atoms with Crippen LogP contribution in [0.3, 0.4) is 0 Å². The standard InChI is InChI=1S/C10H15N3O4S/c1-6-8(18-13-12-6)9(14)11-7(10(15)16)4-3-5-17-2/h7H,3-5H2,1-2H3,(H,11,14)(H,15,16). The summed E-state index contributed by atoms with van der Waals surface area (Å²) in [6.45, 7) is 2.11. The van der Waals surface area contributed by atoms with Gasteiger partial charge in [-0.3, -0.25) is 4.79 Å². The summed E-state index contributed by atoms with van der Waals surface area (Å²) in [6, 6.07) is -0.922. The summed E-state index contributed by atoms with van der Waals surface area (Å²) in [4.78, 5) is 23.1. The Hall–Kier alpha value is -1.54. The van der Waals surface area contributed by atoms with Gasteiger partial charge in [0.2, 0.25) is 0 Å². The Morgan fingerprint density at radius 2 is 2.28 bits per heavy atom. The first kappa shape index (κ1) is 14.5. The van der Waals surface area contributed by atoms with Gasteiger partial charge in [0.1, 0.15) is 10.9 Å². The van der Waals surface area contributed by atoms with Crippen LogP contribution in [-0.2, 0) is 9.53 Å². The van der Waals surface area contributed by atoms with Gasteiger partial charge in [-0.25, -0.2) is 4.79 Å². The number of methoxy groups -OCH3 is 1. The van der Waals surface area contributed by atoms with Crippen molar-refractivity contribution in [2.24, 2.45) is 0 Å². The van der Waals surface area contributed by atoms with E-state index in [2.05, 4.69) is 14.9 Å². The number of aliphatic carboxylic acids is 1. The number of aromatic nitrogens is 2. The summed E-state index contributed by atoms with van der Waals surface area (Å²) in [5.41, 5.74) is 0.499. The van der Waals surface area contributed by atoms with Gasteiger partial charge in [0.05, 0.1) is 5.69 Å². The molecule has 2 N–H and O–H groups in total. The molecule has 1 rings (SSSR count). The van der Waals surface area contributed by atoms with Gasteiger partial charge < -0.3 is 15.2 Å². The highest BCUT2D eigenvalue weighted by Crippen LogP contribution is 2.09. The molecule has 0 aliphatic heterocycles. The lowest BCUT2D eigenvalue weighted by Gasteiger charge is -2.13. The molecule has 0 aromatic carbocycles. The first-order valence-corrected chi connectivity index (χ1v) is 6.15. The molecular formula is C10H15N3O4S. The molecule has 0 fully saturated rings. The predicted molar refractivity (Wildman–Crippen MR) is 64.6 cm³/mol. The van der Waals surface area contributed by atoms with Crippen molar-refractivity contribution in [1.82, 2.24) is 14.9 Å². The fourth-order valence-corrected chi connectivity index (χ4v) is 1.91. The Morgan fingerprint density at radius 1 is 1.56 bits per heavy atom. The fraction of sp³-hybridized carbons (Fsp3) is 0.600. The molecule has 1 aromatic rings. The van der Waals surface area contributed by atoms with Crippen LogP contribution in [0.25, 0.3) is 0 Å². The zero-order chi connectivity index (χ0) is 13.5. The minimum absolute atomic E-state index is 0.320. The monoisotopic (exact) mass is 273 g/mol. The van der Waals surface area contributed by atoms with E-state index in [9.17, 15) is 9.59 Å². The van der Waals surface area contributed by atoms with Crippen LogP contribution in [-0.4, -0.2) is 46.3 Å². The molecule has 0 saturated heterocycles. The average molecular weight is 273 g/mol. The highest BCUT2D eigenvalue weighted by atomic mass is 32.1. The number of nitrogens with zero attached hydrogens (tertiary/aromatic N) is 2. The van der Waals surface area contributed by atoms with Crippen LogP contribution < -0.4 is 5.32 Å². The first-order valence-electron chi connectivity index (χ1n) is 5.37. The van der Waals surface area contributed by atoms with Crippen LogP contribution in [0.4, 0.5) is 0 Å². The molecule has 100 valence electrons. The zero-order valence-corrected chi connectivity index (χ0v) is 11.0. The highest BCUT2D eigenvalue weighted by Gasteiger charge is 2.22. The molecule has 1 heterocycles. The van der Waals surface area contributed by atoms with Gasteiger partial charge in [-0.15, -0.1) is 5.10 Å². The van der Waals surface area contributed by atoms with Gasteiger partial charge >= 0.3 is 5.97 Å². The maximum absolute atomic E-state index is 11.8. The topological polar surface area (TPSA) is 101 Å². The van der Waals surface area contributed by atoms with E-state index in [1.807, 2.05) is 0 Å². The molecule has 0 radical (unpaired) electrons. The van der Waals surface area contributed by atoms with E-state index in [1.54, 1.807) is 14.0 Å². The second-order valence-corrected chi connectivity index (χ2v) is 4.44. The molecule has 0 aliphatic rings. The van der Waals surface area contributed by atoms with Crippen molar-refractivity contribution in [3.05, 3.63) is 10.6 Å². The minimum Gasteiger partial charge on any atom is -0.480 e. The molecule has 0 spiro atoms. The Kier molecular flexibility index (Phi) is 5.66. The van der Waals surface area contributed by atoms with Crippen LogP contribution in [0.2, 0.25) is 0 Å². The van der Waals surface area contributed by atoms with Crippen molar-refractivity contribution in [1.29, 1.82) is 0 Å². The summed E-state index contributed by atoms with van der Waals surface area (Å²) < 4.78 is 8.48. The minimum atomic E-state index is -1.06. The molecule has 0 bridgehead atoms. The Labute approximate surface area is 108 Å². The van der Waals surface area contributed by atoms with E-state index in [0.29, 0.717) is 30.0 Å². The van der Waals surface area contributed by atoms with Crippen LogP contribution in [0.1, 0.15) is 28.2 Å². The van der Waals surface area contributed by atoms with Crippen molar-refractivity contribution in [2.75, 3.05) is 13.7 Å². The number of carbonyl (C=O) groups excluding carboxylic acids is 1. The van der Waals surface area contributed by atoms with E-state index in [1.165, 1.54) is 0 Å². The number of carboxylic acid groups (broad SMARTS) is 1. The highest BCUT2D eigenvalue weighted by molar-refractivity contribution is 7.08. The van der Waals surface area contributed by atoms with Crippen molar-refractivity contribution >= 4 is 23.4 Å². The average Bonchev–Trinajstić information content (AvgIpc) is 2.74. The number of hydrogen-bond acceptors (Lipinski definition) is 6. The Bertz CT molecular complexity index is 421. The summed E-state index contributed by atoms with van der Waals surface area (Å²) in [6.07, 6.45) is 0.883. The second-order valence-electron chi connectivity index (χ2n) is 3.69. The number of carbonyl (C=O) groups is 2. The molecule has 0 aliphatic carbocycles. The number of nitrogens with one attached hydrogen (secondary N) is 1. The Morgan fingerprint density at radius 3 is 2.78 bits per heavy atom. The lowest BCUT2D eigenvalue weighted by atomic mass is 10.1. The summed E-state index contributed by atoms with van der Waals surface area (Å²) in [7, 11) is 1.54. The second kappa shape index (κ2) is 7.02. The third kappa shape index (κ3) is 4.04. The van der Waals surface area contributed by atoms with Crippen molar-refractivity contribution in [3.63, 3.8) is 0 Å². The SMILES string of the molecule is COCCCC(NC(=O)c1snnc1C)C(=O)O. The number of aryl methyl sites for hydroxylation is 1. The Balaban J connectivity index is 2.58. The predicted octanol–water partition coefficient (Wildman–Crippen LogP) is 0.456. The van der Waals surface area contributed by atoms with Gasteiger partial charge in [0, 0.05) is 13.7 Å². The third-order valence-corrected chi connectivity index (χ3v) is 3.13. The van der Waals surface area contributed by atoms with Gasteiger partial charge in [-0.05, 0) is 31.3 Å². The van der Waals surface area contributed by atoms with Gasteiger partial charge in [-0.1, -0.05) is 4.49 Å². The summed E-state index contributed by atoms with van der Waals surface area (Å²) in [5.74, 6) is -1.51. The normalized spacial score (nSPS) is 12.1. The molecular weight excluding hydrogens is 258 g/mol. The van der Waals surface area contributed by atoms with Gasteiger partial charge in [-0.2, -0.15) is 0 Å². The maximum atomic E-state index is 11.8. The lowest BCUT2D eigenvalue weighted by Crippen LogP contribution is -2.40. The number of rotatable bonds is 7. The number of amides is 1. The smallest absolute Gasteiger partial charge is 0.326 e. The lowest BCUT2D eigenvalue weighted by molar-refractivity contribution is -0.139. The number of hydrogen-bond donors (Lipinski definition) is 2.